The maximum absolute atomic E-state index is 12.5. The van der Waals surface area contributed by atoms with Crippen molar-refractivity contribution in [2.45, 2.75) is 45.1 Å². The zero-order valence-electron chi connectivity index (χ0n) is 14.3. The van der Waals surface area contributed by atoms with Crippen LogP contribution in [-0.4, -0.2) is 35.3 Å². The zero-order valence-corrected chi connectivity index (χ0v) is 15.9. The molecule has 24 heavy (non-hydrogen) atoms. The number of hydrogen-bond acceptors (Lipinski definition) is 3. The van der Waals surface area contributed by atoms with Gasteiger partial charge in [-0.2, -0.15) is 0 Å². The molecule has 2 amide bonds. The summed E-state index contributed by atoms with van der Waals surface area (Å²) in [6, 6.07) is 7.55. The van der Waals surface area contributed by atoms with E-state index in [4.69, 9.17) is 5.73 Å². The summed E-state index contributed by atoms with van der Waals surface area (Å²) in [6.45, 7) is 4.99. The molecular weight excluding hydrogens is 370 g/mol. The van der Waals surface area contributed by atoms with Crippen molar-refractivity contribution in [3.8, 4) is 0 Å². The fraction of sp³-hybridized carbons (Fsp3) is 0.556. The van der Waals surface area contributed by atoms with Crippen LogP contribution in [0.4, 0.5) is 5.69 Å². The van der Waals surface area contributed by atoms with Crippen molar-refractivity contribution in [3.05, 3.63) is 28.7 Å². The number of para-hydroxylation sites is 1. The van der Waals surface area contributed by atoms with E-state index in [2.05, 4.69) is 21.2 Å². The molecule has 1 aromatic rings. The van der Waals surface area contributed by atoms with Crippen LogP contribution in [0.2, 0.25) is 0 Å². The minimum atomic E-state index is -0.807. The lowest BCUT2D eigenvalue weighted by Crippen LogP contribution is -2.55. The molecule has 1 aliphatic heterocycles. The van der Waals surface area contributed by atoms with E-state index in [0.29, 0.717) is 32.4 Å². The minimum absolute atomic E-state index is 0.00554. The molecule has 1 aliphatic rings. The second kappa shape index (κ2) is 8.12. The van der Waals surface area contributed by atoms with Gasteiger partial charge >= 0.3 is 0 Å². The van der Waals surface area contributed by atoms with Crippen LogP contribution < -0.4 is 11.1 Å². The number of nitrogens with zero attached hydrogens (tertiary/aromatic N) is 1. The van der Waals surface area contributed by atoms with Crippen LogP contribution in [0.1, 0.15) is 39.5 Å². The first-order chi connectivity index (χ1) is 11.3. The van der Waals surface area contributed by atoms with Gasteiger partial charge in [0.05, 0.1) is 11.2 Å². The van der Waals surface area contributed by atoms with E-state index < -0.39 is 5.54 Å². The van der Waals surface area contributed by atoms with Gasteiger partial charge in [-0.15, -0.1) is 0 Å². The van der Waals surface area contributed by atoms with E-state index >= 15 is 0 Å². The molecule has 0 radical (unpaired) electrons. The van der Waals surface area contributed by atoms with Crippen molar-refractivity contribution in [1.82, 2.24) is 4.90 Å². The molecule has 1 heterocycles. The summed E-state index contributed by atoms with van der Waals surface area (Å²) in [5, 5.41) is 2.96. The van der Waals surface area contributed by atoms with Crippen molar-refractivity contribution >= 4 is 33.4 Å². The Morgan fingerprint density at radius 1 is 1.33 bits per heavy atom. The highest BCUT2D eigenvalue weighted by Gasteiger charge is 2.35. The molecule has 132 valence electrons. The van der Waals surface area contributed by atoms with E-state index in [0.717, 1.165) is 16.6 Å². The smallest absolute Gasteiger partial charge is 0.242 e. The molecule has 6 heteroatoms. The number of carbonyl (C=O) groups excluding carboxylic acids is 2. The second-order valence-corrected chi connectivity index (χ2v) is 7.56. The number of hydrogen-bond donors (Lipinski definition) is 2. The number of nitrogens with two attached hydrogens (primary N) is 1. The van der Waals surface area contributed by atoms with E-state index in [-0.39, 0.29) is 17.7 Å². The Morgan fingerprint density at radius 3 is 2.54 bits per heavy atom. The SMILES string of the molecule is CCCC(C)(N)C(=O)N1CCC(C(=O)Nc2ccccc2Br)CC1. The number of rotatable bonds is 5. The topological polar surface area (TPSA) is 75.4 Å². The predicted octanol–water partition coefficient (Wildman–Crippen LogP) is 3.14. The fourth-order valence-electron chi connectivity index (χ4n) is 3.13. The van der Waals surface area contributed by atoms with Crippen LogP contribution in [0.15, 0.2) is 28.7 Å². The Kier molecular flexibility index (Phi) is 6.40. The van der Waals surface area contributed by atoms with E-state index in [9.17, 15) is 9.59 Å². The van der Waals surface area contributed by atoms with E-state index in [1.165, 1.54) is 0 Å². The number of piperidine rings is 1. The number of nitrogens with one attached hydrogen (secondary N) is 1. The summed E-state index contributed by atoms with van der Waals surface area (Å²) in [4.78, 5) is 26.8. The first kappa shape index (κ1) is 18.9. The lowest BCUT2D eigenvalue weighted by molar-refractivity contribution is -0.139. The quantitative estimate of drug-likeness (QED) is 0.803. The van der Waals surface area contributed by atoms with Crippen LogP contribution in [-0.2, 0) is 9.59 Å². The first-order valence-electron chi connectivity index (χ1n) is 8.49. The van der Waals surface area contributed by atoms with Gasteiger partial charge < -0.3 is 16.0 Å². The summed E-state index contributed by atoms with van der Waals surface area (Å²) in [6.07, 6.45) is 2.90. The van der Waals surface area contributed by atoms with Crippen molar-refractivity contribution in [3.63, 3.8) is 0 Å². The predicted molar refractivity (Wildman–Crippen MR) is 99.6 cm³/mol. The van der Waals surface area contributed by atoms with Crippen molar-refractivity contribution in [2.24, 2.45) is 11.7 Å². The van der Waals surface area contributed by atoms with Gasteiger partial charge in [0.2, 0.25) is 11.8 Å². The molecule has 0 spiro atoms. The Bertz CT molecular complexity index is 596. The van der Waals surface area contributed by atoms with Crippen molar-refractivity contribution in [2.75, 3.05) is 18.4 Å². The molecule has 1 unspecified atom stereocenters. The van der Waals surface area contributed by atoms with Crippen molar-refractivity contribution in [1.29, 1.82) is 0 Å². The molecule has 1 aromatic carbocycles. The Hall–Kier alpha value is -1.40. The van der Waals surface area contributed by atoms with Gasteiger partial charge in [0.15, 0.2) is 0 Å². The Morgan fingerprint density at radius 2 is 1.96 bits per heavy atom. The summed E-state index contributed by atoms with van der Waals surface area (Å²) < 4.78 is 0.865. The molecule has 2 rings (SSSR count). The number of halogens is 1. The summed E-state index contributed by atoms with van der Waals surface area (Å²) >= 11 is 3.43. The summed E-state index contributed by atoms with van der Waals surface area (Å²) in [5.41, 5.74) is 6.11. The normalized spacial score (nSPS) is 18.1. The van der Waals surface area contributed by atoms with Gasteiger partial charge in [0.1, 0.15) is 0 Å². The largest absolute Gasteiger partial charge is 0.341 e. The zero-order chi connectivity index (χ0) is 17.7. The van der Waals surface area contributed by atoms with Gasteiger partial charge in [0, 0.05) is 23.5 Å². The van der Waals surface area contributed by atoms with Crippen LogP contribution in [0.3, 0.4) is 0 Å². The molecular formula is C18H26BrN3O2. The number of carbonyl (C=O) groups is 2. The number of likely N-dealkylation sites (tertiary alicyclic amines) is 1. The second-order valence-electron chi connectivity index (χ2n) is 6.70. The maximum Gasteiger partial charge on any atom is 0.242 e. The third-order valence-electron chi connectivity index (χ3n) is 4.54. The van der Waals surface area contributed by atoms with Crippen LogP contribution in [0.5, 0.6) is 0 Å². The Labute approximate surface area is 152 Å². The fourth-order valence-corrected chi connectivity index (χ4v) is 3.51. The highest BCUT2D eigenvalue weighted by Crippen LogP contribution is 2.25. The lowest BCUT2D eigenvalue weighted by Gasteiger charge is -2.36. The van der Waals surface area contributed by atoms with E-state index in [1.54, 1.807) is 11.8 Å². The first-order valence-corrected chi connectivity index (χ1v) is 9.28. The van der Waals surface area contributed by atoms with Crippen LogP contribution in [0.25, 0.3) is 0 Å². The van der Waals surface area contributed by atoms with Crippen LogP contribution >= 0.6 is 15.9 Å². The molecule has 0 aromatic heterocycles. The van der Waals surface area contributed by atoms with Gasteiger partial charge in [0.25, 0.3) is 0 Å². The monoisotopic (exact) mass is 395 g/mol. The number of benzene rings is 1. The number of amides is 2. The summed E-state index contributed by atoms with van der Waals surface area (Å²) in [5.74, 6) is -0.0663. The van der Waals surface area contributed by atoms with E-state index in [1.807, 2.05) is 31.2 Å². The maximum atomic E-state index is 12.5. The van der Waals surface area contributed by atoms with Gasteiger partial charge in [-0.05, 0) is 54.2 Å². The Balaban J connectivity index is 1.89. The highest BCUT2D eigenvalue weighted by molar-refractivity contribution is 9.10. The molecule has 5 nitrogen and oxygen atoms in total. The average molecular weight is 396 g/mol. The van der Waals surface area contributed by atoms with Crippen LogP contribution in [0, 0.1) is 5.92 Å². The minimum Gasteiger partial charge on any atom is -0.341 e. The number of anilines is 1. The average Bonchev–Trinajstić information content (AvgIpc) is 2.56. The third-order valence-corrected chi connectivity index (χ3v) is 5.23. The molecule has 1 saturated heterocycles. The molecule has 0 bridgehead atoms. The third kappa shape index (κ3) is 4.57. The standard InChI is InChI=1S/C18H26BrN3O2/c1-3-10-18(2,20)17(24)22-11-8-13(9-12-22)16(23)21-15-7-5-4-6-14(15)19/h4-7,13H,3,8-12,20H2,1-2H3,(H,21,23). The van der Waals surface area contributed by atoms with Gasteiger partial charge in [-0.25, -0.2) is 0 Å². The van der Waals surface area contributed by atoms with Gasteiger partial charge in [-0.3, -0.25) is 9.59 Å². The van der Waals surface area contributed by atoms with Gasteiger partial charge in [-0.1, -0.05) is 25.5 Å². The summed E-state index contributed by atoms with van der Waals surface area (Å²) in [7, 11) is 0. The molecule has 1 atom stereocenters. The molecule has 0 aliphatic carbocycles. The van der Waals surface area contributed by atoms with Crippen molar-refractivity contribution < 1.29 is 9.59 Å². The lowest BCUT2D eigenvalue weighted by atomic mass is 9.91. The highest BCUT2D eigenvalue weighted by atomic mass is 79.9. The molecule has 3 N–H and O–H groups in total. The molecule has 1 fully saturated rings. The molecule has 0 saturated carbocycles.